The summed E-state index contributed by atoms with van der Waals surface area (Å²) in [5.41, 5.74) is 0. The van der Waals surface area contributed by atoms with Crippen molar-refractivity contribution in [3.05, 3.63) is 0 Å². The Balaban J connectivity index is 0.000000252. The van der Waals surface area contributed by atoms with Crippen molar-refractivity contribution in [3.8, 4) is 0 Å². The molecule has 0 unspecified atom stereocenters. The van der Waals surface area contributed by atoms with E-state index >= 15 is 0 Å². The molecule has 0 aromatic heterocycles. The molecule has 4 heterocycles. The van der Waals surface area contributed by atoms with Gasteiger partial charge in [-0.3, -0.25) is 59.6 Å². The molecule has 20 atom stereocenters. The molecular formula is C77H130N8O20. The number of carbonyl (C=O) groups is 12. The van der Waals surface area contributed by atoms with Crippen molar-refractivity contribution in [2.45, 2.75) is 360 Å². The van der Waals surface area contributed by atoms with Crippen LogP contribution in [-0.4, -0.2) is 232 Å². The number of carboxylic acids is 6. The number of esters is 2. The molecule has 105 heavy (non-hydrogen) atoms. The van der Waals surface area contributed by atoms with E-state index in [1.165, 1.54) is 9.80 Å². The number of hydrogen-bond donors (Lipinski definition) is 10. The van der Waals surface area contributed by atoms with Crippen LogP contribution in [-0.2, 0) is 67.0 Å². The first-order chi connectivity index (χ1) is 49.6. The van der Waals surface area contributed by atoms with E-state index in [1.807, 2.05) is 48.5 Å². The zero-order valence-corrected chi connectivity index (χ0v) is 65.0. The van der Waals surface area contributed by atoms with Crippen molar-refractivity contribution in [2.24, 2.45) is 41.4 Å². The Kier molecular flexibility index (Phi) is 36.4. The van der Waals surface area contributed by atoms with Crippen LogP contribution in [0.5, 0.6) is 0 Å². The van der Waals surface area contributed by atoms with E-state index in [1.54, 1.807) is 51.3 Å². The smallest absolute Gasteiger partial charge is 0.326 e. The van der Waals surface area contributed by atoms with E-state index in [0.29, 0.717) is 63.9 Å². The van der Waals surface area contributed by atoms with Gasteiger partial charge in [0.2, 0.25) is 23.6 Å². The van der Waals surface area contributed by atoms with Gasteiger partial charge in [-0.1, -0.05) is 113 Å². The lowest BCUT2D eigenvalue weighted by molar-refractivity contribution is -0.152. The fraction of sp³-hybridized carbons (Fsp3) is 0.844. The van der Waals surface area contributed by atoms with E-state index in [2.05, 4.69) is 21.3 Å². The Morgan fingerprint density at radius 1 is 0.343 bits per heavy atom. The zero-order chi connectivity index (χ0) is 78.3. The maximum Gasteiger partial charge on any atom is 0.326 e. The number of carbonyl (C=O) groups excluding carboxylic acids is 6. The first-order valence-electron chi connectivity index (χ1n) is 39.6. The minimum atomic E-state index is -0.986. The minimum absolute atomic E-state index is 0.00254. The quantitative estimate of drug-likeness (QED) is 0.0283. The van der Waals surface area contributed by atoms with Crippen LogP contribution in [0, 0.1) is 41.4 Å². The summed E-state index contributed by atoms with van der Waals surface area (Å²) >= 11 is 0. The number of fused-ring (bicyclic) bond motifs is 4. The second-order valence-electron chi connectivity index (χ2n) is 32.1. The number of nitrogens with zero attached hydrogens (tertiary/aromatic N) is 4. The molecule has 0 bridgehead atoms. The highest BCUT2D eigenvalue weighted by Gasteiger charge is 2.53. The number of likely N-dealkylation sites (tertiary alicyclic amines) is 4. The molecule has 10 N–H and O–H groups in total. The molecule has 0 spiro atoms. The minimum Gasteiger partial charge on any atom is -0.480 e. The number of aliphatic carboxylic acids is 6. The van der Waals surface area contributed by atoms with Crippen molar-refractivity contribution >= 4 is 71.4 Å². The summed E-state index contributed by atoms with van der Waals surface area (Å²) in [5, 5.41) is 69.2. The standard InChI is InChI=1S/2C20H34N2O5.C19H32N2O5.C18H30N2O5/c1-5-27-20(26)15(10-12(2)3)21-13(4)18(23)22-16-9-7-6-8-14(16)11-17(22)19(24)25;1-4-6-10-15(20(26)27-5-2)21-13(3)18(23)22-16-11-8-7-9-14(16)12-17(22)19(24)25;1-11(2)8-9-14(18(23)24)20-12(3)17(22)21-15-7-5-4-6-13(15)10-16(21)19(25)26;1-10(2)8-13(17(22)23)19-11(3)16(21)20-14-7-5-4-6-12(14)9-15(20)18(24)25/h12-17,21H,5-11H2,1-4H3,(H,24,25);13-17,21H,4-12H2,1-3H3,(H,24,25);11-16,20H,4-10H2,1-3H3,(H,23,24)(H,25,26);10-15,19H,4-9H2,1-3H3,(H,22,23)(H,24,25)/t2*13-,14-,15-,16-,17-;12-,13-,14-,15-,16-;11-,12-,13-,14-,15-/m0000/s1. The summed E-state index contributed by atoms with van der Waals surface area (Å²) in [6, 6.07) is -8.58. The van der Waals surface area contributed by atoms with Gasteiger partial charge in [0.15, 0.2) is 0 Å². The first kappa shape index (κ1) is 89.1. The van der Waals surface area contributed by atoms with Crippen molar-refractivity contribution < 1.29 is 97.6 Å². The molecule has 598 valence electrons. The average molecular weight is 1490 g/mol. The Bertz CT molecular complexity index is 2900. The van der Waals surface area contributed by atoms with Crippen LogP contribution in [0.25, 0.3) is 0 Å². The topological polar surface area (TPSA) is 406 Å². The van der Waals surface area contributed by atoms with E-state index < -0.39 is 108 Å². The van der Waals surface area contributed by atoms with E-state index in [0.717, 1.165) is 122 Å². The van der Waals surface area contributed by atoms with Crippen LogP contribution in [0.4, 0.5) is 0 Å². The summed E-state index contributed by atoms with van der Waals surface area (Å²) in [6.07, 6.45) is 22.4. The Morgan fingerprint density at radius 2 is 0.610 bits per heavy atom. The summed E-state index contributed by atoms with van der Waals surface area (Å²) in [4.78, 5) is 153. The number of ether oxygens (including phenoxy) is 2. The Labute approximate surface area is 622 Å². The predicted octanol–water partition coefficient (Wildman–Crippen LogP) is 8.32. The van der Waals surface area contributed by atoms with Crippen LogP contribution >= 0.6 is 0 Å². The molecule has 4 saturated heterocycles. The third kappa shape index (κ3) is 25.0. The highest BCUT2D eigenvalue weighted by atomic mass is 16.5. The van der Waals surface area contributed by atoms with Crippen LogP contribution in [0.2, 0.25) is 0 Å². The van der Waals surface area contributed by atoms with Gasteiger partial charge in [0.1, 0.15) is 48.3 Å². The van der Waals surface area contributed by atoms with Crippen LogP contribution in [0.15, 0.2) is 0 Å². The highest BCUT2D eigenvalue weighted by Crippen LogP contribution is 2.44. The lowest BCUT2D eigenvalue weighted by Crippen LogP contribution is -2.55. The SMILES string of the molecule is CC(C)CC[C@H](N[C@@H](C)C(=O)N1[C@H](C(=O)O)C[C@@H]2CCCC[C@@H]21)C(=O)O.CC(C)C[C@H](N[C@@H](C)C(=O)N1[C@H](C(=O)O)C[C@@H]2CCCC[C@@H]21)C(=O)O.CCCC[C@H](N[C@@H](C)C(=O)N1[C@H](C(=O)O)C[C@@H]2CCCC[C@@H]21)C(=O)OCC.CCOC(=O)[C@H](CC(C)C)N[C@@H](C)C(=O)N1[C@H](C(=O)O)C[C@@H]2CCCC[C@@H]21. The second-order valence-corrected chi connectivity index (χ2v) is 32.1. The van der Waals surface area contributed by atoms with Gasteiger partial charge in [0.05, 0.1) is 37.4 Å². The fourth-order valence-corrected chi connectivity index (χ4v) is 17.7. The van der Waals surface area contributed by atoms with E-state index in [-0.39, 0.29) is 102 Å². The van der Waals surface area contributed by atoms with Crippen LogP contribution < -0.4 is 21.3 Å². The molecule has 8 fully saturated rings. The molecule has 4 aliphatic carbocycles. The van der Waals surface area contributed by atoms with Gasteiger partial charge in [0.25, 0.3) is 0 Å². The lowest BCUT2D eigenvalue weighted by atomic mass is 9.84. The largest absolute Gasteiger partial charge is 0.480 e. The molecule has 4 aliphatic heterocycles. The molecular weight excluding hydrogens is 1360 g/mol. The number of hydrogen-bond acceptors (Lipinski definition) is 18. The third-order valence-corrected chi connectivity index (χ3v) is 22.8. The molecule has 4 saturated carbocycles. The molecule has 28 heteroatoms. The number of carboxylic acid groups (broad SMARTS) is 6. The summed E-state index contributed by atoms with van der Waals surface area (Å²) < 4.78 is 10.3. The van der Waals surface area contributed by atoms with Gasteiger partial charge >= 0.3 is 47.8 Å². The lowest BCUT2D eigenvalue weighted by Gasteiger charge is -2.35. The Hall–Kier alpha value is -6.52. The van der Waals surface area contributed by atoms with Gasteiger partial charge in [-0.05, 0) is 192 Å². The number of unbranched alkanes of at least 4 members (excludes halogenated alkanes) is 1. The summed E-state index contributed by atoms with van der Waals surface area (Å²) in [7, 11) is 0. The molecule has 4 amide bonds. The average Bonchev–Trinajstić information content (AvgIpc) is 1.66. The van der Waals surface area contributed by atoms with Gasteiger partial charge in [-0.15, -0.1) is 0 Å². The van der Waals surface area contributed by atoms with Gasteiger partial charge < -0.3 is 59.7 Å². The summed E-state index contributed by atoms with van der Waals surface area (Å²) in [5.74, 6) is -5.65. The third-order valence-electron chi connectivity index (χ3n) is 22.8. The highest BCUT2D eigenvalue weighted by molar-refractivity contribution is 5.91. The number of nitrogens with one attached hydrogen (secondary N) is 4. The zero-order valence-electron chi connectivity index (χ0n) is 65.0. The second kappa shape index (κ2) is 42.9. The molecule has 8 aliphatic rings. The normalized spacial score (nSPS) is 27.6. The maximum absolute atomic E-state index is 13.2. The predicted molar refractivity (Wildman–Crippen MR) is 391 cm³/mol. The van der Waals surface area contributed by atoms with E-state index in [4.69, 9.17) is 9.47 Å². The van der Waals surface area contributed by atoms with Crippen molar-refractivity contribution in [2.75, 3.05) is 13.2 Å². The Morgan fingerprint density at radius 3 is 0.876 bits per heavy atom. The van der Waals surface area contributed by atoms with E-state index in [9.17, 15) is 88.2 Å². The molecule has 28 nitrogen and oxygen atoms in total. The number of amides is 4. The van der Waals surface area contributed by atoms with Crippen molar-refractivity contribution in [1.29, 1.82) is 0 Å². The van der Waals surface area contributed by atoms with Gasteiger partial charge in [0, 0.05) is 24.2 Å². The van der Waals surface area contributed by atoms with Crippen molar-refractivity contribution in [1.82, 2.24) is 40.9 Å². The summed E-state index contributed by atoms with van der Waals surface area (Å²) in [6.45, 7) is 24.8. The van der Waals surface area contributed by atoms with Gasteiger partial charge in [-0.25, -0.2) is 19.2 Å². The van der Waals surface area contributed by atoms with Crippen LogP contribution in [0.1, 0.15) is 263 Å². The molecule has 0 aromatic carbocycles. The first-order valence-corrected chi connectivity index (χ1v) is 39.6. The van der Waals surface area contributed by atoms with Crippen molar-refractivity contribution in [3.63, 3.8) is 0 Å². The molecule has 0 aromatic rings. The monoisotopic (exact) mass is 1490 g/mol. The molecule has 8 rings (SSSR count). The maximum atomic E-state index is 13.2. The fourth-order valence-electron chi connectivity index (χ4n) is 17.7. The number of rotatable bonds is 32. The van der Waals surface area contributed by atoms with Gasteiger partial charge in [-0.2, -0.15) is 0 Å². The molecule has 0 radical (unpaired) electrons. The van der Waals surface area contributed by atoms with Crippen LogP contribution in [0.3, 0.4) is 0 Å².